The van der Waals surface area contributed by atoms with Crippen LogP contribution in [-0.2, 0) is 4.79 Å². The minimum atomic E-state index is -0.299. The summed E-state index contributed by atoms with van der Waals surface area (Å²) in [5.41, 5.74) is 1.66. The molecule has 0 unspecified atom stereocenters. The Labute approximate surface area is 166 Å². The lowest BCUT2D eigenvalue weighted by Gasteiger charge is -2.14. The van der Waals surface area contributed by atoms with Crippen molar-refractivity contribution in [3.63, 3.8) is 0 Å². The van der Waals surface area contributed by atoms with Gasteiger partial charge in [-0.05, 0) is 42.1 Å². The molecule has 0 aliphatic carbocycles. The minimum Gasteiger partial charge on any atom is -0.339 e. The third-order valence-corrected chi connectivity index (χ3v) is 5.99. The number of amides is 3. The first-order valence-electron chi connectivity index (χ1n) is 8.30. The number of nitrogens with zero attached hydrogens (tertiary/aromatic N) is 1. The van der Waals surface area contributed by atoms with E-state index in [-0.39, 0.29) is 17.1 Å². The van der Waals surface area contributed by atoms with Crippen LogP contribution in [0.1, 0.15) is 16.8 Å². The number of anilines is 2. The molecule has 2 aromatic rings. The third kappa shape index (κ3) is 4.84. The molecule has 3 amide bonds. The molecule has 1 heterocycles. The van der Waals surface area contributed by atoms with Gasteiger partial charge < -0.3 is 15.5 Å². The Balaban J connectivity index is 1.80. The second-order valence-corrected chi connectivity index (χ2v) is 8.20. The van der Waals surface area contributed by atoms with Crippen LogP contribution in [0.25, 0.3) is 0 Å². The van der Waals surface area contributed by atoms with E-state index in [1.54, 1.807) is 56.2 Å². The van der Waals surface area contributed by atoms with Gasteiger partial charge in [0.25, 0.3) is 11.1 Å². The van der Waals surface area contributed by atoms with Gasteiger partial charge in [-0.1, -0.05) is 12.1 Å². The van der Waals surface area contributed by atoms with E-state index in [0.29, 0.717) is 28.3 Å². The standard InChI is InChI=1S/C19H19N3O3S2/c1-22(2)19(25)27-16-6-4-3-5-13(16)21-18(24)12-7-8-15-14(11-12)20-17(23)9-10-26-15/h3-8,11H,9-10H2,1-2H3,(H,20,23)(H,21,24). The fourth-order valence-corrected chi connectivity index (χ4v) is 4.08. The zero-order valence-corrected chi connectivity index (χ0v) is 16.6. The number of hydrogen-bond donors (Lipinski definition) is 2. The van der Waals surface area contributed by atoms with Crippen molar-refractivity contribution in [1.29, 1.82) is 0 Å². The van der Waals surface area contributed by atoms with E-state index >= 15 is 0 Å². The molecule has 2 N–H and O–H groups in total. The van der Waals surface area contributed by atoms with Gasteiger partial charge in [0.1, 0.15) is 0 Å². The predicted molar refractivity (Wildman–Crippen MR) is 110 cm³/mol. The first-order valence-corrected chi connectivity index (χ1v) is 10.1. The molecule has 0 bridgehead atoms. The lowest BCUT2D eigenvalue weighted by Crippen LogP contribution is -2.17. The maximum absolute atomic E-state index is 12.7. The molecule has 1 aliphatic rings. The van der Waals surface area contributed by atoms with Crippen molar-refractivity contribution in [2.75, 3.05) is 30.5 Å². The molecule has 8 heteroatoms. The van der Waals surface area contributed by atoms with Crippen LogP contribution in [0, 0.1) is 0 Å². The number of benzene rings is 2. The van der Waals surface area contributed by atoms with Gasteiger partial charge in [0.15, 0.2) is 0 Å². The summed E-state index contributed by atoms with van der Waals surface area (Å²) in [6.45, 7) is 0. The Kier molecular flexibility index (Phi) is 6.08. The van der Waals surface area contributed by atoms with E-state index in [4.69, 9.17) is 0 Å². The van der Waals surface area contributed by atoms with Crippen molar-refractivity contribution in [1.82, 2.24) is 4.90 Å². The molecular formula is C19H19N3O3S2. The van der Waals surface area contributed by atoms with Gasteiger partial charge in [-0.15, -0.1) is 11.8 Å². The summed E-state index contributed by atoms with van der Waals surface area (Å²) < 4.78 is 0. The second-order valence-electron chi connectivity index (χ2n) is 6.07. The van der Waals surface area contributed by atoms with Crippen molar-refractivity contribution < 1.29 is 14.4 Å². The summed E-state index contributed by atoms with van der Waals surface area (Å²) in [7, 11) is 3.36. The molecule has 27 heavy (non-hydrogen) atoms. The van der Waals surface area contributed by atoms with Crippen molar-refractivity contribution in [2.45, 2.75) is 16.2 Å². The van der Waals surface area contributed by atoms with Crippen LogP contribution in [0.3, 0.4) is 0 Å². The molecule has 2 aromatic carbocycles. The van der Waals surface area contributed by atoms with Gasteiger partial charge in [0.2, 0.25) is 5.91 Å². The highest BCUT2D eigenvalue weighted by atomic mass is 32.2. The number of thioether (sulfide) groups is 2. The first kappa shape index (κ1) is 19.3. The largest absolute Gasteiger partial charge is 0.339 e. The zero-order valence-electron chi connectivity index (χ0n) is 14.9. The predicted octanol–water partition coefficient (Wildman–Crippen LogP) is 4.15. The summed E-state index contributed by atoms with van der Waals surface area (Å²) in [6, 6.07) is 12.4. The SMILES string of the molecule is CN(C)C(=O)Sc1ccccc1NC(=O)c1ccc2c(c1)NC(=O)CCS2. The summed E-state index contributed by atoms with van der Waals surface area (Å²) in [5, 5.41) is 5.57. The van der Waals surface area contributed by atoms with E-state index in [0.717, 1.165) is 22.4 Å². The number of carbonyl (C=O) groups is 3. The molecule has 0 aromatic heterocycles. The van der Waals surface area contributed by atoms with Gasteiger partial charge in [0, 0.05) is 41.6 Å². The molecule has 0 radical (unpaired) electrons. The second kappa shape index (κ2) is 8.49. The van der Waals surface area contributed by atoms with Crippen LogP contribution >= 0.6 is 23.5 Å². The highest BCUT2D eigenvalue weighted by molar-refractivity contribution is 8.13. The molecule has 6 nitrogen and oxygen atoms in total. The van der Waals surface area contributed by atoms with Crippen molar-refractivity contribution in [3.8, 4) is 0 Å². The monoisotopic (exact) mass is 401 g/mol. The van der Waals surface area contributed by atoms with Crippen LogP contribution in [0.2, 0.25) is 0 Å². The van der Waals surface area contributed by atoms with E-state index < -0.39 is 0 Å². The normalized spacial score (nSPS) is 13.2. The molecule has 0 atom stereocenters. The molecule has 140 valence electrons. The van der Waals surface area contributed by atoms with Crippen LogP contribution < -0.4 is 10.6 Å². The smallest absolute Gasteiger partial charge is 0.286 e. The van der Waals surface area contributed by atoms with Crippen LogP contribution in [-0.4, -0.2) is 41.8 Å². The molecule has 0 saturated carbocycles. The number of rotatable bonds is 3. The average Bonchev–Trinajstić information content (AvgIpc) is 2.82. The van der Waals surface area contributed by atoms with Crippen LogP contribution in [0.15, 0.2) is 52.3 Å². The maximum atomic E-state index is 12.7. The van der Waals surface area contributed by atoms with Gasteiger partial charge in [0.05, 0.1) is 11.4 Å². The topological polar surface area (TPSA) is 78.5 Å². The van der Waals surface area contributed by atoms with Crippen molar-refractivity contribution in [2.24, 2.45) is 0 Å². The van der Waals surface area contributed by atoms with E-state index in [1.165, 1.54) is 4.90 Å². The number of hydrogen-bond acceptors (Lipinski definition) is 5. The lowest BCUT2D eigenvalue weighted by atomic mass is 10.1. The van der Waals surface area contributed by atoms with E-state index in [2.05, 4.69) is 10.6 Å². The fourth-order valence-electron chi connectivity index (χ4n) is 2.40. The van der Waals surface area contributed by atoms with Crippen LogP contribution in [0.5, 0.6) is 0 Å². The van der Waals surface area contributed by atoms with Gasteiger partial charge in [-0.3, -0.25) is 14.4 Å². The molecule has 3 rings (SSSR count). The number of carbonyl (C=O) groups excluding carboxylic acids is 3. The molecular weight excluding hydrogens is 382 g/mol. The summed E-state index contributed by atoms with van der Waals surface area (Å²) in [4.78, 5) is 39.5. The first-order chi connectivity index (χ1) is 12.9. The maximum Gasteiger partial charge on any atom is 0.286 e. The Bertz CT molecular complexity index is 900. The Morgan fingerprint density at radius 3 is 2.74 bits per heavy atom. The van der Waals surface area contributed by atoms with E-state index in [9.17, 15) is 14.4 Å². The third-order valence-electron chi connectivity index (χ3n) is 3.80. The fraction of sp³-hybridized carbons (Fsp3) is 0.211. The summed E-state index contributed by atoms with van der Waals surface area (Å²) in [5.74, 6) is 0.365. The Hall–Kier alpha value is -2.45. The quantitative estimate of drug-likeness (QED) is 0.756. The highest BCUT2D eigenvalue weighted by Crippen LogP contribution is 2.32. The number of para-hydroxylation sites is 1. The van der Waals surface area contributed by atoms with Crippen LogP contribution in [0.4, 0.5) is 16.2 Å². The van der Waals surface area contributed by atoms with Gasteiger partial charge in [-0.2, -0.15) is 0 Å². The van der Waals surface area contributed by atoms with Crippen molar-refractivity contribution >= 4 is 52.0 Å². The highest BCUT2D eigenvalue weighted by Gasteiger charge is 2.17. The Morgan fingerprint density at radius 1 is 1.19 bits per heavy atom. The average molecular weight is 402 g/mol. The molecule has 0 spiro atoms. The van der Waals surface area contributed by atoms with E-state index in [1.807, 2.05) is 12.1 Å². The lowest BCUT2D eigenvalue weighted by molar-refractivity contribution is -0.115. The summed E-state index contributed by atoms with van der Waals surface area (Å²) >= 11 is 2.64. The van der Waals surface area contributed by atoms with Gasteiger partial charge in [-0.25, -0.2) is 0 Å². The molecule has 1 aliphatic heterocycles. The molecule has 0 fully saturated rings. The Morgan fingerprint density at radius 2 is 1.96 bits per heavy atom. The van der Waals surface area contributed by atoms with Gasteiger partial charge >= 0.3 is 0 Å². The van der Waals surface area contributed by atoms with Crippen molar-refractivity contribution in [3.05, 3.63) is 48.0 Å². The number of fused-ring (bicyclic) bond motifs is 1. The molecule has 0 saturated heterocycles. The summed E-state index contributed by atoms with van der Waals surface area (Å²) in [6.07, 6.45) is 0.450. The number of nitrogens with one attached hydrogen (secondary N) is 2. The minimum absolute atomic E-state index is 0.0530. The zero-order chi connectivity index (χ0) is 19.4.